The van der Waals surface area contributed by atoms with Gasteiger partial charge in [0, 0.05) is 44.5 Å². The van der Waals surface area contributed by atoms with E-state index in [0.717, 1.165) is 56.2 Å². The quantitative estimate of drug-likeness (QED) is 0.143. The highest BCUT2D eigenvalue weighted by molar-refractivity contribution is 6.06. The topological polar surface area (TPSA) is 148 Å². The molecule has 11 heteroatoms. The Hall–Kier alpha value is -4.15. The lowest BCUT2D eigenvalue weighted by Crippen LogP contribution is -2.39. The number of nitrogens with one attached hydrogen (secondary N) is 4. The van der Waals surface area contributed by atoms with Crippen LogP contribution in [0.1, 0.15) is 75.8 Å². The number of urea groups is 1. The van der Waals surface area contributed by atoms with Crippen molar-refractivity contribution in [3.8, 4) is 5.88 Å². The maximum atomic E-state index is 12.5. The van der Waals surface area contributed by atoms with Crippen LogP contribution in [-0.2, 0) is 4.79 Å². The van der Waals surface area contributed by atoms with Crippen molar-refractivity contribution in [3.63, 3.8) is 0 Å². The number of benzene rings is 1. The second-order valence-electron chi connectivity index (χ2n) is 10.7. The first kappa shape index (κ1) is 29.8. The molecular formula is C30H42N8O3. The fourth-order valence-corrected chi connectivity index (χ4v) is 5.06. The molecular weight excluding hydrogens is 520 g/mol. The first-order valence-corrected chi connectivity index (χ1v) is 14.6. The van der Waals surface area contributed by atoms with Crippen LogP contribution in [0.25, 0.3) is 11.0 Å². The van der Waals surface area contributed by atoms with E-state index in [2.05, 4.69) is 42.8 Å². The number of aliphatic imine (C=N–C) groups is 1. The van der Waals surface area contributed by atoms with Crippen molar-refractivity contribution in [3.05, 3.63) is 35.7 Å². The minimum atomic E-state index is -0.185. The van der Waals surface area contributed by atoms with Crippen LogP contribution >= 0.6 is 0 Å². The highest BCUT2D eigenvalue weighted by atomic mass is 16.3. The van der Waals surface area contributed by atoms with Gasteiger partial charge in [-0.05, 0) is 56.4 Å². The fourth-order valence-electron chi connectivity index (χ4n) is 5.06. The molecule has 0 radical (unpaired) electrons. The molecule has 2 heterocycles. The number of fused-ring (bicyclic) bond motifs is 1. The number of aromatic amines is 1. The predicted octanol–water partition coefficient (Wildman–Crippen LogP) is 5.63. The summed E-state index contributed by atoms with van der Waals surface area (Å²) in [6.45, 7) is 5.24. The van der Waals surface area contributed by atoms with Crippen molar-refractivity contribution in [2.45, 2.75) is 77.7 Å². The zero-order chi connectivity index (χ0) is 29.2. The molecule has 1 fully saturated rings. The van der Waals surface area contributed by atoms with E-state index in [-0.39, 0.29) is 23.9 Å². The molecule has 41 heavy (non-hydrogen) atoms. The molecule has 1 aromatic carbocycles. The number of H-pyrrole nitrogens is 1. The van der Waals surface area contributed by atoms with Gasteiger partial charge in [0.1, 0.15) is 17.8 Å². The van der Waals surface area contributed by atoms with E-state index in [1.807, 2.05) is 32.2 Å². The van der Waals surface area contributed by atoms with E-state index < -0.39 is 0 Å². The Morgan fingerprint density at radius 1 is 1.20 bits per heavy atom. The van der Waals surface area contributed by atoms with Crippen molar-refractivity contribution >= 4 is 46.4 Å². The van der Waals surface area contributed by atoms with Gasteiger partial charge in [0.2, 0.25) is 5.91 Å². The van der Waals surface area contributed by atoms with Gasteiger partial charge in [-0.2, -0.15) is 0 Å². The number of aromatic nitrogens is 3. The number of hydrogen-bond donors (Lipinski definition) is 5. The van der Waals surface area contributed by atoms with E-state index in [0.29, 0.717) is 47.6 Å². The molecule has 0 spiro atoms. The van der Waals surface area contributed by atoms with Crippen LogP contribution in [0.3, 0.4) is 0 Å². The number of aryl methyl sites for hydroxylation is 1. The lowest BCUT2D eigenvalue weighted by molar-refractivity contribution is -0.130. The molecule has 0 aliphatic heterocycles. The van der Waals surface area contributed by atoms with Crippen molar-refractivity contribution in [2.24, 2.45) is 4.99 Å². The van der Waals surface area contributed by atoms with Gasteiger partial charge in [-0.25, -0.2) is 14.8 Å². The molecule has 4 rings (SSSR count). The first-order valence-electron chi connectivity index (χ1n) is 14.6. The summed E-state index contributed by atoms with van der Waals surface area (Å²) < 4.78 is 0. The van der Waals surface area contributed by atoms with Gasteiger partial charge in [-0.3, -0.25) is 9.79 Å². The number of hydrogen-bond acceptors (Lipinski definition) is 7. The molecule has 1 aliphatic carbocycles. The van der Waals surface area contributed by atoms with Crippen LogP contribution in [0, 0.1) is 6.92 Å². The van der Waals surface area contributed by atoms with Crippen LogP contribution in [-0.4, -0.2) is 69.3 Å². The zero-order valence-corrected chi connectivity index (χ0v) is 24.3. The van der Waals surface area contributed by atoms with E-state index in [4.69, 9.17) is 0 Å². The van der Waals surface area contributed by atoms with E-state index >= 15 is 0 Å². The number of unbranched alkanes of at least 4 members (excludes halogenated alkanes) is 1. The molecule has 1 saturated carbocycles. The lowest BCUT2D eigenvalue weighted by atomic mass is 9.96. The second kappa shape index (κ2) is 14.5. The highest BCUT2D eigenvalue weighted by Gasteiger charge is 2.17. The number of aromatic hydroxyl groups is 1. The molecule has 1 aliphatic rings. The average Bonchev–Trinajstić information content (AvgIpc) is 3.29. The first-order chi connectivity index (χ1) is 19.9. The molecule has 0 bridgehead atoms. The number of carbonyl (C=O) groups is 2. The normalized spacial score (nSPS) is 13.9. The van der Waals surface area contributed by atoms with Gasteiger partial charge in [-0.15, -0.1) is 0 Å². The lowest BCUT2D eigenvalue weighted by Gasteiger charge is -2.23. The maximum Gasteiger partial charge on any atom is 0.319 e. The Bertz CT molecular complexity index is 1360. The largest absolute Gasteiger partial charge is 0.494 e. The molecule has 3 aromatic rings. The monoisotopic (exact) mass is 562 g/mol. The van der Waals surface area contributed by atoms with Gasteiger partial charge in [0.25, 0.3) is 0 Å². The number of nitrogens with zero attached hydrogens (tertiary/aromatic N) is 4. The predicted molar refractivity (Wildman–Crippen MR) is 163 cm³/mol. The van der Waals surface area contributed by atoms with Crippen LogP contribution < -0.4 is 16.0 Å². The summed E-state index contributed by atoms with van der Waals surface area (Å²) in [4.78, 5) is 42.5. The summed E-state index contributed by atoms with van der Waals surface area (Å²) in [6, 6.07) is 5.58. The maximum absolute atomic E-state index is 12.5. The van der Waals surface area contributed by atoms with Gasteiger partial charge in [0.05, 0.1) is 16.6 Å². The number of rotatable bonds is 12. The number of carbonyl (C=O) groups excluding carboxylic acids is 2. The summed E-state index contributed by atoms with van der Waals surface area (Å²) in [6.07, 6.45) is 11.9. The van der Waals surface area contributed by atoms with Crippen molar-refractivity contribution < 1.29 is 14.7 Å². The SMILES string of the molecule is CCCCC(=O)N(C)CCCNc1ncnc2[nH]c(O)c(C=Nc3ccc(NC(=O)NC4CCCCC4)c(C)c3)c12. The third kappa shape index (κ3) is 8.18. The van der Waals surface area contributed by atoms with Crippen LogP contribution in [0.2, 0.25) is 0 Å². The summed E-state index contributed by atoms with van der Waals surface area (Å²) in [5.41, 5.74) is 3.25. The van der Waals surface area contributed by atoms with Gasteiger partial charge in [0.15, 0.2) is 5.88 Å². The number of anilines is 2. The third-order valence-electron chi connectivity index (χ3n) is 7.48. The minimum absolute atomic E-state index is 0.0528. The molecule has 11 nitrogen and oxygen atoms in total. The smallest absolute Gasteiger partial charge is 0.319 e. The Morgan fingerprint density at radius 3 is 2.76 bits per heavy atom. The van der Waals surface area contributed by atoms with E-state index in [1.165, 1.54) is 12.7 Å². The highest BCUT2D eigenvalue weighted by Crippen LogP contribution is 2.30. The summed E-state index contributed by atoms with van der Waals surface area (Å²) >= 11 is 0. The average molecular weight is 563 g/mol. The summed E-state index contributed by atoms with van der Waals surface area (Å²) in [5.74, 6) is 0.683. The number of amides is 3. The van der Waals surface area contributed by atoms with E-state index in [1.54, 1.807) is 11.1 Å². The summed E-state index contributed by atoms with van der Waals surface area (Å²) in [5, 5.41) is 20.6. The molecule has 220 valence electrons. The Morgan fingerprint density at radius 2 is 2.00 bits per heavy atom. The van der Waals surface area contributed by atoms with Gasteiger partial charge < -0.3 is 30.9 Å². The second-order valence-corrected chi connectivity index (χ2v) is 10.7. The molecule has 3 amide bonds. The standard InChI is InChI=1S/C30H42N8O3/c1-4-5-12-25(39)38(3)16-9-15-31-27-26-23(29(40)37-28(26)34-19-33-27)18-32-22-13-14-24(20(2)17-22)36-30(41)35-21-10-7-6-8-11-21/h13-14,17-19,21,40H,4-12,15-16H2,1-3H3,(H2,35,36,41)(H2,31,33,34,37). The Balaban J connectivity index is 1.39. The molecule has 0 unspecified atom stereocenters. The third-order valence-corrected chi connectivity index (χ3v) is 7.48. The molecule has 0 atom stereocenters. The van der Waals surface area contributed by atoms with Crippen LogP contribution in [0.4, 0.5) is 22.0 Å². The zero-order valence-electron chi connectivity index (χ0n) is 24.3. The summed E-state index contributed by atoms with van der Waals surface area (Å²) in [7, 11) is 1.83. The van der Waals surface area contributed by atoms with E-state index in [9.17, 15) is 14.7 Å². The van der Waals surface area contributed by atoms with Crippen molar-refractivity contribution in [1.29, 1.82) is 0 Å². The van der Waals surface area contributed by atoms with Crippen LogP contribution in [0.15, 0.2) is 29.5 Å². The van der Waals surface area contributed by atoms with Crippen molar-refractivity contribution in [2.75, 3.05) is 30.8 Å². The Labute approximate surface area is 241 Å². The molecule has 5 N–H and O–H groups in total. The molecule has 0 saturated heterocycles. The fraction of sp³-hybridized carbons (Fsp3) is 0.500. The minimum Gasteiger partial charge on any atom is -0.494 e. The molecule has 2 aromatic heterocycles. The van der Waals surface area contributed by atoms with Gasteiger partial charge in [-0.1, -0.05) is 32.6 Å². The van der Waals surface area contributed by atoms with Crippen LogP contribution in [0.5, 0.6) is 5.88 Å². The van der Waals surface area contributed by atoms with Gasteiger partial charge >= 0.3 is 6.03 Å². The Kier molecular flexibility index (Phi) is 10.5. The van der Waals surface area contributed by atoms with Crippen molar-refractivity contribution in [1.82, 2.24) is 25.2 Å².